The number of nitrogens with zero attached hydrogens (tertiary/aromatic N) is 3. The van der Waals surface area contributed by atoms with Gasteiger partial charge in [0.2, 0.25) is 10.0 Å². The molecule has 1 fully saturated rings. The molecule has 6 nitrogen and oxygen atoms in total. The molecule has 0 aliphatic carbocycles. The van der Waals surface area contributed by atoms with Crippen molar-refractivity contribution in [3.63, 3.8) is 0 Å². The molecule has 0 aromatic carbocycles. The first-order valence-corrected chi connectivity index (χ1v) is 8.79. The van der Waals surface area contributed by atoms with Crippen molar-refractivity contribution in [2.24, 2.45) is 0 Å². The number of hydrogen-bond donors (Lipinski definition) is 1. The van der Waals surface area contributed by atoms with Gasteiger partial charge >= 0.3 is 0 Å². The molecule has 0 amide bonds. The van der Waals surface area contributed by atoms with E-state index in [0.717, 1.165) is 31.6 Å². The van der Waals surface area contributed by atoms with Crippen LogP contribution in [0.5, 0.6) is 0 Å². The Morgan fingerprint density at radius 3 is 2.89 bits per heavy atom. The van der Waals surface area contributed by atoms with Crippen LogP contribution in [0.4, 0.5) is 0 Å². The highest BCUT2D eigenvalue weighted by Crippen LogP contribution is 2.27. The van der Waals surface area contributed by atoms with E-state index >= 15 is 0 Å². The van der Waals surface area contributed by atoms with Crippen LogP contribution in [0.2, 0.25) is 0 Å². The minimum Gasteiger partial charge on any atom is -0.304 e. The Bertz CT molecular complexity index is 590. The van der Waals surface area contributed by atoms with Crippen molar-refractivity contribution in [1.82, 2.24) is 19.1 Å². The van der Waals surface area contributed by atoms with Gasteiger partial charge in [0.05, 0.1) is 6.26 Å². The largest absolute Gasteiger partial charge is 0.304 e. The van der Waals surface area contributed by atoms with Crippen LogP contribution in [-0.2, 0) is 16.6 Å². The molecule has 0 spiro atoms. The van der Waals surface area contributed by atoms with Crippen LogP contribution in [-0.4, -0.2) is 46.8 Å². The van der Waals surface area contributed by atoms with Crippen molar-refractivity contribution in [1.29, 1.82) is 0 Å². The molecule has 0 bridgehead atoms. The molecular formula is C11H20N4O2S2. The van der Waals surface area contributed by atoms with Crippen LogP contribution in [0.25, 0.3) is 0 Å². The molecule has 1 atom stereocenters. The summed E-state index contributed by atoms with van der Waals surface area (Å²) >= 11 is 5.22. The molecule has 2 heterocycles. The first kappa shape index (κ1) is 14.7. The molecular weight excluding hydrogens is 284 g/mol. The number of aromatic nitrogens is 3. The van der Waals surface area contributed by atoms with Crippen LogP contribution in [0, 0.1) is 4.77 Å². The van der Waals surface area contributed by atoms with E-state index in [1.54, 1.807) is 0 Å². The molecule has 19 heavy (non-hydrogen) atoms. The molecule has 8 heteroatoms. The lowest BCUT2D eigenvalue weighted by Crippen LogP contribution is -2.39. The minimum absolute atomic E-state index is 0.128. The third kappa shape index (κ3) is 3.24. The maximum absolute atomic E-state index is 11.6. The lowest BCUT2D eigenvalue weighted by molar-refractivity contribution is 0.305. The van der Waals surface area contributed by atoms with E-state index in [2.05, 4.69) is 17.1 Å². The Kier molecular flexibility index (Phi) is 4.42. The smallest absolute Gasteiger partial charge is 0.211 e. The molecule has 1 saturated heterocycles. The monoisotopic (exact) mass is 304 g/mol. The minimum atomic E-state index is -3.13. The topological polar surface area (TPSA) is 71.0 Å². The predicted molar refractivity (Wildman–Crippen MR) is 76.1 cm³/mol. The first-order valence-electron chi connectivity index (χ1n) is 6.53. The second-order valence-electron chi connectivity index (χ2n) is 5.00. The summed E-state index contributed by atoms with van der Waals surface area (Å²) in [4.78, 5) is 0. The number of H-pyrrole nitrogens is 1. The lowest BCUT2D eigenvalue weighted by atomic mass is 9.99. The van der Waals surface area contributed by atoms with Gasteiger partial charge in [0.1, 0.15) is 5.82 Å². The Labute approximate surface area is 118 Å². The van der Waals surface area contributed by atoms with E-state index in [1.807, 2.05) is 4.57 Å². The van der Waals surface area contributed by atoms with E-state index in [4.69, 9.17) is 12.2 Å². The molecule has 0 radical (unpaired) electrons. The fourth-order valence-electron chi connectivity index (χ4n) is 2.54. The van der Waals surface area contributed by atoms with E-state index in [0.29, 0.717) is 17.9 Å². The number of nitrogens with one attached hydrogen (secondary N) is 1. The standard InChI is InChI=1S/C11H20N4O2S2/c1-3-6-15-10(12-13-11(15)18)9-5-4-7-14(8-9)19(2,16)17/h9H,3-8H2,1-2H3,(H,13,18)/t9-/m1/s1. The maximum atomic E-state index is 11.6. The summed E-state index contributed by atoms with van der Waals surface area (Å²) in [5.41, 5.74) is 0. The zero-order valence-corrected chi connectivity index (χ0v) is 12.9. The molecule has 1 aliphatic rings. The number of sulfonamides is 1. The van der Waals surface area contributed by atoms with Gasteiger partial charge in [-0.3, -0.25) is 5.10 Å². The highest BCUT2D eigenvalue weighted by molar-refractivity contribution is 7.88. The Morgan fingerprint density at radius 2 is 2.26 bits per heavy atom. The molecule has 1 aromatic rings. The van der Waals surface area contributed by atoms with Gasteiger partial charge in [-0.1, -0.05) is 6.92 Å². The zero-order valence-electron chi connectivity index (χ0n) is 11.3. The van der Waals surface area contributed by atoms with E-state index in [1.165, 1.54) is 10.6 Å². The third-order valence-electron chi connectivity index (χ3n) is 3.45. The van der Waals surface area contributed by atoms with Crippen molar-refractivity contribution in [3.8, 4) is 0 Å². The van der Waals surface area contributed by atoms with Gasteiger partial charge in [0.25, 0.3) is 0 Å². The van der Waals surface area contributed by atoms with Gasteiger partial charge in [-0.2, -0.15) is 5.10 Å². The van der Waals surface area contributed by atoms with Crippen molar-refractivity contribution >= 4 is 22.2 Å². The van der Waals surface area contributed by atoms with Gasteiger partial charge in [-0.05, 0) is 31.5 Å². The van der Waals surface area contributed by atoms with E-state index < -0.39 is 10.0 Å². The summed E-state index contributed by atoms with van der Waals surface area (Å²) < 4.78 is 27.4. The summed E-state index contributed by atoms with van der Waals surface area (Å²) in [7, 11) is -3.13. The molecule has 1 aromatic heterocycles. The van der Waals surface area contributed by atoms with Crippen molar-refractivity contribution in [2.45, 2.75) is 38.6 Å². The van der Waals surface area contributed by atoms with Crippen molar-refractivity contribution < 1.29 is 8.42 Å². The summed E-state index contributed by atoms with van der Waals surface area (Å²) in [5, 5.41) is 7.12. The van der Waals surface area contributed by atoms with Crippen molar-refractivity contribution in [3.05, 3.63) is 10.6 Å². The van der Waals surface area contributed by atoms with Crippen molar-refractivity contribution in [2.75, 3.05) is 19.3 Å². The van der Waals surface area contributed by atoms with Gasteiger partial charge in [-0.25, -0.2) is 12.7 Å². The van der Waals surface area contributed by atoms with Crippen LogP contribution >= 0.6 is 12.2 Å². The predicted octanol–water partition coefficient (Wildman–Crippen LogP) is 1.49. The normalized spacial score (nSPS) is 21.7. The molecule has 0 unspecified atom stereocenters. The molecule has 0 saturated carbocycles. The molecule has 108 valence electrons. The zero-order chi connectivity index (χ0) is 14.0. The number of piperidine rings is 1. The maximum Gasteiger partial charge on any atom is 0.211 e. The van der Waals surface area contributed by atoms with Crippen LogP contribution in [0.1, 0.15) is 37.9 Å². The number of hydrogen-bond acceptors (Lipinski definition) is 4. The molecule has 2 rings (SSSR count). The molecule has 1 aliphatic heterocycles. The van der Waals surface area contributed by atoms with E-state index in [9.17, 15) is 8.42 Å². The number of aromatic amines is 1. The van der Waals surface area contributed by atoms with Gasteiger partial charge < -0.3 is 4.57 Å². The van der Waals surface area contributed by atoms with Crippen LogP contribution in [0.3, 0.4) is 0 Å². The number of rotatable bonds is 4. The first-order chi connectivity index (χ1) is 8.93. The quantitative estimate of drug-likeness (QED) is 0.856. The second-order valence-corrected chi connectivity index (χ2v) is 7.37. The lowest BCUT2D eigenvalue weighted by Gasteiger charge is -2.30. The Hall–Kier alpha value is -0.730. The summed E-state index contributed by atoms with van der Waals surface area (Å²) in [5.74, 6) is 1.02. The molecule has 1 N–H and O–H groups in total. The fraction of sp³-hybridized carbons (Fsp3) is 0.818. The third-order valence-corrected chi connectivity index (χ3v) is 5.03. The van der Waals surface area contributed by atoms with Crippen LogP contribution in [0.15, 0.2) is 0 Å². The van der Waals surface area contributed by atoms with Gasteiger partial charge in [0.15, 0.2) is 4.77 Å². The second kappa shape index (κ2) is 5.72. The van der Waals surface area contributed by atoms with Gasteiger partial charge in [0, 0.05) is 25.6 Å². The van der Waals surface area contributed by atoms with Gasteiger partial charge in [-0.15, -0.1) is 0 Å². The highest BCUT2D eigenvalue weighted by atomic mass is 32.2. The summed E-state index contributed by atoms with van der Waals surface area (Å²) in [6, 6.07) is 0. The fourth-order valence-corrected chi connectivity index (χ4v) is 3.68. The Morgan fingerprint density at radius 1 is 1.53 bits per heavy atom. The summed E-state index contributed by atoms with van der Waals surface area (Å²) in [6.45, 7) is 4.01. The Balaban J connectivity index is 2.25. The average molecular weight is 304 g/mol. The van der Waals surface area contributed by atoms with Crippen LogP contribution < -0.4 is 0 Å². The van der Waals surface area contributed by atoms with E-state index in [-0.39, 0.29) is 5.92 Å². The SMILES string of the molecule is CCCn1c([C@@H]2CCCN(S(C)(=O)=O)C2)n[nH]c1=S. The average Bonchev–Trinajstić information content (AvgIpc) is 2.71. The highest BCUT2D eigenvalue weighted by Gasteiger charge is 2.29. The summed E-state index contributed by atoms with van der Waals surface area (Å²) in [6.07, 6.45) is 4.06.